The Morgan fingerprint density at radius 1 is 1.00 bits per heavy atom. The zero-order chi connectivity index (χ0) is 22.0. The van der Waals surface area contributed by atoms with Gasteiger partial charge in [0.1, 0.15) is 0 Å². The molecule has 0 saturated heterocycles. The molecule has 2 heterocycles. The van der Waals surface area contributed by atoms with Crippen molar-refractivity contribution in [2.24, 2.45) is 0 Å². The molecule has 2 aromatic carbocycles. The van der Waals surface area contributed by atoms with Crippen LogP contribution < -0.4 is 0 Å². The summed E-state index contributed by atoms with van der Waals surface area (Å²) in [5.74, 6) is 2.69. The normalized spacial score (nSPS) is 12.5. The average molecular weight is 474 g/mol. The minimum absolute atomic E-state index is 0.0794. The molecule has 0 spiro atoms. The van der Waals surface area contributed by atoms with E-state index in [9.17, 15) is 0 Å². The van der Waals surface area contributed by atoms with E-state index in [0.29, 0.717) is 27.4 Å². The van der Waals surface area contributed by atoms with E-state index < -0.39 is 0 Å². The summed E-state index contributed by atoms with van der Waals surface area (Å²) in [7, 11) is 4.03. The molecule has 0 N–H and O–H groups in total. The minimum Gasteiger partial charge on any atom is -0.440 e. The zero-order valence-corrected chi connectivity index (χ0v) is 19.6. The number of rotatable bonds is 7. The predicted octanol–water partition coefficient (Wildman–Crippen LogP) is 6.14. The lowest BCUT2D eigenvalue weighted by molar-refractivity contribution is 0.305. The molecule has 0 saturated carbocycles. The van der Waals surface area contributed by atoms with Crippen molar-refractivity contribution >= 4 is 35.0 Å². The van der Waals surface area contributed by atoms with Crippen molar-refractivity contribution in [1.29, 1.82) is 0 Å². The molecular formula is C22H21Cl2N5OS. The Hall–Kier alpha value is -2.32. The number of hydrogen-bond acceptors (Lipinski definition) is 6. The standard InChI is InChI=1S/C22H21Cl2N5OS/c1-14(28(2)3)21-26-27-22(29(21)18-10-8-17(24)9-11-18)31-13-20-25-12-19(30-20)15-4-6-16(23)7-5-15/h4-12,14H,13H2,1-3H3/t14-/m1/s1. The first kappa shape index (κ1) is 21.9. The molecule has 0 unspecified atom stereocenters. The first-order valence-electron chi connectivity index (χ1n) is 9.63. The molecule has 0 fully saturated rings. The first-order valence-corrected chi connectivity index (χ1v) is 11.4. The van der Waals surface area contributed by atoms with Crippen molar-refractivity contribution < 1.29 is 4.42 Å². The summed E-state index contributed by atoms with van der Waals surface area (Å²) in [6.45, 7) is 2.09. The van der Waals surface area contributed by atoms with Gasteiger partial charge in [-0.3, -0.25) is 9.47 Å². The van der Waals surface area contributed by atoms with Gasteiger partial charge in [0.05, 0.1) is 18.0 Å². The van der Waals surface area contributed by atoms with E-state index in [-0.39, 0.29) is 6.04 Å². The Balaban J connectivity index is 1.59. The maximum atomic E-state index is 6.09. The van der Waals surface area contributed by atoms with Crippen LogP contribution in [-0.4, -0.2) is 38.7 Å². The molecule has 0 aliphatic rings. The van der Waals surface area contributed by atoms with E-state index in [2.05, 4.69) is 31.6 Å². The molecule has 4 rings (SSSR count). The second-order valence-corrected chi connectivity index (χ2v) is 9.02. The lowest BCUT2D eigenvalue weighted by Crippen LogP contribution is -2.20. The highest BCUT2D eigenvalue weighted by Gasteiger charge is 2.21. The summed E-state index contributed by atoms with van der Waals surface area (Å²) in [6.07, 6.45) is 1.72. The van der Waals surface area contributed by atoms with Crippen molar-refractivity contribution in [3.05, 3.63) is 76.5 Å². The Kier molecular flexibility index (Phi) is 6.67. The number of benzene rings is 2. The van der Waals surface area contributed by atoms with Gasteiger partial charge in [-0.1, -0.05) is 35.0 Å². The molecule has 31 heavy (non-hydrogen) atoms. The Labute approximate surface area is 195 Å². The predicted molar refractivity (Wildman–Crippen MR) is 125 cm³/mol. The molecule has 0 aliphatic carbocycles. The third kappa shape index (κ3) is 4.96. The summed E-state index contributed by atoms with van der Waals surface area (Å²) < 4.78 is 7.98. The first-order chi connectivity index (χ1) is 14.9. The van der Waals surface area contributed by atoms with E-state index in [0.717, 1.165) is 22.2 Å². The molecule has 2 aromatic heterocycles. The molecule has 0 aliphatic heterocycles. The highest BCUT2D eigenvalue weighted by atomic mass is 35.5. The van der Waals surface area contributed by atoms with E-state index in [4.69, 9.17) is 27.6 Å². The van der Waals surface area contributed by atoms with Gasteiger partial charge in [-0.2, -0.15) is 0 Å². The van der Waals surface area contributed by atoms with E-state index >= 15 is 0 Å². The summed E-state index contributed by atoms with van der Waals surface area (Å²) >= 11 is 13.6. The molecule has 1 atom stereocenters. The van der Waals surface area contributed by atoms with Crippen LogP contribution >= 0.6 is 35.0 Å². The summed E-state index contributed by atoms with van der Waals surface area (Å²) in [4.78, 5) is 6.51. The minimum atomic E-state index is 0.0794. The smallest absolute Gasteiger partial charge is 0.205 e. The average Bonchev–Trinajstić information content (AvgIpc) is 3.40. The molecule has 6 nitrogen and oxygen atoms in total. The zero-order valence-electron chi connectivity index (χ0n) is 17.3. The van der Waals surface area contributed by atoms with Gasteiger partial charge in [-0.05, 0) is 69.6 Å². The number of oxazole rings is 1. The van der Waals surface area contributed by atoms with Crippen molar-refractivity contribution in [1.82, 2.24) is 24.6 Å². The quantitative estimate of drug-likeness (QED) is 0.300. The fourth-order valence-corrected chi connectivity index (χ4v) is 4.02. The molecule has 0 radical (unpaired) electrons. The van der Waals surface area contributed by atoms with Crippen LogP contribution in [-0.2, 0) is 5.75 Å². The Bertz CT molecular complexity index is 1160. The number of nitrogens with zero attached hydrogens (tertiary/aromatic N) is 5. The number of halogens is 2. The third-order valence-corrected chi connectivity index (χ3v) is 6.32. The van der Waals surface area contributed by atoms with Gasteiger partial charge in [-0.25, -0.2) is 4.98 Å². The van der Waals surface area contributed by atoms with Crippen LogP contribution in [0.3, 0.4) is 0 Å². The highest BCUT2D eigenvalue weighted by Crippen LogP contribution is 2.30. The maximum Gasteiger partial charge on any atom is 0.205 e. The van der Waals surface area contributed by atoms with Crippen molar-refractivity contribution in [2.45, 2.75) is 23.9 Å². The Morgan fingerprint density at radius 2 is 1.65 bits per heavy atom. The van der Waals surface area contributed by atoms with Gasteiger partial charge >= 0.3 is 0 Å². The largest absolute Gasteiger partial charge is 0.440 e. The molecular weight excluding hydrogens is 453 g/mol. The second kappa shape index (κ2) is 9.44. The maximum absolute atomic E-state index is 6.09. The van der Waals surface area contributed by atoms with E-state index in [1.54, 1.807) is 6.20 Å². The van der Waals surface area contributed by atoms with Crippen LogP contribution in [0.25, 0.3) is 17.0 Å². The van der Waals surface area contributed by atoms with Gasteiger partial charge in [0.25, 0.3) is 0 Å². The molecule has 9 heteroatoms. The molecule has 0 amide bonds. The van der Waals surface area contributed by atoms with Crippen LogP contribution in [0.4, 0.5) is 0 Å². The topological polar surface area (TPSA) is 60.0 Å². The van der Waals surface area contributed by atoms with Gasteiger partial charge in [0, 0.05) is 21.3 Å². The SMILES string of the molecule is C[C@H](c1nnc(SCc2ncc(-c3ccc(Cl)cc3)o2)n1-c1ccc(Cl)cc1)N(C)C. The van der Waals surface area contributed by atoms with Crippen molar-refractivity contribution in [2.75, 3.05) is 14.1 Å². The Morgan fingerprint density at radius 3 is 2.29 bits per heavy atom. The monoisotopic (exact) mass is 473 g/mol. The lowest BCUT2D eigenvalue weighted by atomic mass is 10.2. The molecule has 0 bridgehead atoms. The van der Waals surface area contributed by atoms with Gasteiger partial charge < -0.3 is 4.42 Å². The fourth-order valence-electron chi connectivity index (χ4n) is 2.96. The number of thioether (sulfide) groups is 1. The third-order valence-electron chi connectivity index (χ3n) is 4.90. The van der Waals surface area contributed by atoms with Crippen molar-refractivity contribution in [3.8, 4) is 17.0 Å². The van der Waals surface area contributed by atoms with E-state index in [1.807, 2.05) is 62.6 Å². The second-order valence-electron chi connectivity index (χ2n) is 7.21. The van der Waals surface area contributed by atoms with Crippen molar-refractivity contribution in [3.63, 3.8) is 0 Å². The fraction of sp³-hybridized carbons (Fsp3) is 0.227. The van der Waals surface area contributed by atoms with E-state index in [1.165, 1.54) is 11.8 Å². The molecule has 4 aromatic rings. The lowest BCUT2D eigenvalue weighted by Gasteiger charge is -2.20. The number of hydrogen-bond donors (Lipinski definition) is 0. The van der Waals surface area contributed by atoms with Crippen LogP contribution in [0.1, 0.15) is 24.7 Å². The highest BCUT2D eigenvalue weighted by molar-refractivity contribution is 7.98. The van der Waals surface area contributed by atoms with Gasteiger partial charge in [-0.15, -0.1) is 10.2 Å². The number of aromatic nitrogens is 4. The van der Waals surface area contributed by atoms with Crippen LogP contribution in [0.15, 0.2) is 64.3 Å². The summed E-state index contributed by atoms with van der Waals surface area (Å²) in [6, 6.07) is 15.2. The van der Waals surface area contributed by atoms with Gasteiger partial charge in [0.2, 0.25) is 5.89 Å². The van der Waals surface area contributed by atoms with Crippen LogP contribution in [0.5, 0.6) is 0 Å². The summed E-state index contributed by atoms with van der Waals surface area (Å²) in [5, 5.41) is 11.0. The van der Waals surface area contributed by atoms with Gasteiger partial charge in [0.15, 0.2) is 16.7 Å². The summed E-state index contributed by atoms with van der Waals surface area (Å²) in [5.41, 5.74) is 1.88. The van der Waals surface area contributed by atoms with Crippen LogP contribution in [0.2, 0.25) is 10.0 Å². The molecule has 160 valence electrons. The van der Waals surface area contributed by atoms with Crippen LogP contribution in [0, 0.1) is 0 Å².